The van der Waals surface area contributed by atoms with Crippen LogP contribution in [0.15, 0.2) is 52.7 Å². The lowest BCUT2D eigenvalue weighted by Gasteiger charge is -2.04. The number of non-ortho nitro benzene ring substituents is 1. The van der Waals surface area contributed by atoms with Crippen LogP contribution in [0.2, 0.25) is 0 Å². The van der Waals surface area contributed by atoms with Gasteiger partial charge in [0.2, 0.25) is 11.1 Å². The second kappa shape index (κ2) is 8.40. The summed E-state index contributed by atoms with van der Waals surface area (Å²) in [4.78, 5) is 36.3. The number of fused-ring (bicyclic) bond motifs is 3. The first-order valence-electron chi connectivity index (χ1n) is 9.57. The van der Waals surface area contributed by atoms with Crippen LogP contribution in [0.4, 0.5) is 5.69 Å². The number of methoxy groups -OCH3 is 1. The summed E-state index contributed by atoms with van der Waals surface area (Å²) in [5.41, 5.74) is 1.14. The largest absolute Gasteiger partial charge is 0.377 e. The molecule has 0 aliphatic heterocycles. The van der Waals surface area contributed by atoms with Gasteiger partial charge >= 0.3 is 0 Å². The molecule has 0 saturated heterocycles. The van der Waals surface area contributed by atoms with Gasteiger partial charge in [0.05, 0.1) is 15.8 Å². The van der Waals surface area contributed by atoms with E-state index in [1.54, 1.807) is 31.5 Å². The van der Waals surface area contributed by atoms with Crippen molar-refractivity contribution in [1.29, 1.82) is 0 Å². The van der Waals surface area contributed by atoms with Crippen LogP contribution < -0.4 is 5.56 Å². The highest BCUT2D eigenvalue weighted by atomic mass is 32.2. The van der Waals surface area contributed by atoms with E-state index < -0.39 is 4.92 Å². The summed E-state index contributed by atoms with van der Waals surface area (Å²) in [6, 6.07) is 7.99. The van der Waals surface area contributed by atoms with E-state index in [-0.39, 0.29) is 23.8 Å². The van der Waals surface area contributed by atoms with Gasteiger partial charge < -0.3 is 4.74 Å². The van der Waals surface area contributed by atoms with Crippen LogP contribution in [0.5, 0.6) is 0 Å². The number of aromatic amines is 1. The number of H-pyrrole nitrogens is 1. The quantitative estimate of drug-likeness (QED) is 0.214. The molecule has 33 heavy (non-hydrogen) atoms. The van der Waals surface area contributed by atoms with E-state index in [1.165, 1.54) is 39.2 Å². The summed E-state index contributed by atoms with van der Waals surface area (Å²) in [6.07, 6.45) is 3.03. The Morgan fingerprint density at radius 2 is 2.03 bits per heavy atom. The second-order valence-corrected chi connectivity index (χ2v) is 7.82. The average molecular weight is 465 g/mol. The van der Waals surface area contributed by atoms with Crippen LogP contribution >= 0.6 is 11.8 Å². The molecule has 0 atom stereocenters. The molecule has 0 amide bonds. The molecule has 0 saturated carbocycles. The first-order chi connectivity index (χ1) is 16.0. The highest BCUT2D eigenvalue weighted by molar-refractivity contribution is 7.98. The molecule has 0 unspecified atom stereocenters. The van der Waals surface area contributed by atoms with E-state index in [2.05, 4.69) is 30.2 Å². The summed E-state index contributed by atoms with van der Waals surface area (Å²) >= 11 is 1.34. The molecule has 0 spiro atoms. The molecule has 1 N–H and O–H groups in total. The van der Waals surface area contributed by atoms with E-state index in [0.717, 1.165) is 5.56 Å². The SMILES string of the molecule is COCc1nc2ncc3c(=O)n(-c4nc(SCc5ccc([N+](=O)[O-])cc5)n[nH]4)ccc3n2n1. The fraction of sp³-hybridized carbons (Fsp3) is 0.158. The Balaban J connectivity index is 1.40. The standard InChI is InChI=1S/C19H15N9O4S/c1-32-9-15-21-17-20-8-13-14(27(17)25-15)6-7-26(16(13)29)18-22-19(24-23-18)33-10-11-2-4-12(5-3-11)28(30)31/h2-8H,9-10H2,1H3,(H,22,23,24). The zero-order chi connectivity index (χ0) is 22.9. The Bertz CT molecular complexity index is 1540. The second-order valence-electron chi connectivity index (χ2n) is 6.87. The lowest BCUT2D eigenvalue weighted by atomic mass is 10.2. The number of hydrogen-bond donors (Lipinski definition) is 1. The van der Waals surface area contributed by atoms with Crippen molar-refractivity contribution < 1.29 is 9.66 Å². The van der Waals surface area contributed by atoms with Gasteiger partial charge in [-0.15, -0.1) is 10.2 Å². The van der Waals surface area contributed by atoms with E-state index in [9.17, 15) is 14.9 Å². The van der Waals surface area contributed by atoms with Crippen molar-refractivity contribution >= 4 is 34.1 Å². The minimum Gasteiger partial charge on any atom is -0.377 e. The highest BCUT2D eigenvalue weighted by Gasteiger charge is 2.14. The first kappa shape index (κ1) is 20.7. The van der Waals surface area contributed by atoms with Crippen molar-refractivity contribution in [3.63, 3.8) is 0 Å². The third-order valence-corrected chi connectivity index (χ3v) is 5.67. The van der Waals surface area contributed by atoms with Gasteiger partial charge in [-0.3, -0.25) is 19.5 Å². The Kier molecular flexibility index (Phi) is 5.27. The van der Waals surface area contributed by atoms with Crippen LogP contribution in [0.25, 0.3) is 22.6 Å². The van der Waals surface area contributed by atoms with Gasteiger partial charge in [-0.25, -0.2) is 10.1 Å². The zero-order valence-electron chi connectivity index (χ0n) is 17.1. The number of nitro benzene ring substituents is 1. The molecule has 13 nitrogen and oxygen atoms in total. The van der Waals surface area contributed by atoms with Gasteiger partial charge in [0.25, 0.3) is 17.0 Å². The Labute approximate surface area is 188 Å². The lowest BCUT2D eigenvalue weighted by Crippen LogP contribution is -2.20. The minimum atomic E-state index is -0.443. The highest BCUT2D eigenvalue weighted by Crippen LogP contribution is 2.21. The maximum atomic E-state index is 13.1. The summed E-state index contributed by atoms with van der Waals surface area (Å²) in [5.74, 6) is 1.61. The number of ether oxygens (including phenoxy) is 1. The molecule has 5 rings (SSSR count). The Morgan fingerprint density at radius 3 is 2.79 bits per heavy atom. The monoisotopic (exact) mass is 465 g/mol. The topological polar surface area (TPSA) is 159 Å². The molecule has 0 aliphatic carbocycles. The van der Waals surface area contributed by atoms with Crippen LogP contribution in [0.3, 0.4) is 0 Å². The zero-order valence-corrected chi connectivity index (χ0v) is 17.9. The van der Waals surface area contributed by atoms with Crippen LogP contribution in [0.1, 0.15) is 11.4 Å². The van der Waals surface area contributed by atoms with Crippen LogP contribution in [-0.2, 0) is 17.1 Å². The molecule has 14 heteroatoms. The Hall–Kier alpha value is -4.17. The van der Waals surface area contributed by atoms with Gasteiger partial charge in [0, 0.05) is 37.4 Å². The van der Waals surface area contributed by atoms with Crippen LogP contribution in [0, 0.1) is 10.1 Å². The molecule has 0 aliphatic rings. The smallest absolute Gasteiger partial charge is 0.269 e. The number of benzene rings is 1. The van der Waals surface area contributed by atoms with Crippen LogP contribution in [-0.4, -0.2) is 51.4 Å². The molecular formula is C19H15N9O4S. The van der Waals surface area contributed by atoms with Gasteiger partial charge in [-0.2, -0.15) is 14.5 Å². The molecule has 166 valence electrons. The maximum Gasteiger partial charge on any atom is 0.269 e. The molecule has 0 fully saturated rings. The van der Waals surface area contributed by atoms with Crippen molar-refractivity contribution in [1.82, 2.24) is 39.3 Å². The van der Waals surface area contributed by atoms with E-state index >= 15 is 0 Å². The molecule has 1 aromatic carbocycles. The number of rotatable bonds is 7. The van der Waals surface area contributed by atoms with Crippen molar-refractivity contribution in [2.24, 2.45) is 0 Å². The molecule has 4 aromatic heterocycles. The number of nitro groups is 1. The van der Waals surface area contributed by atoms with E-state index in [1.807, 2.05) is 0 Å². The van der Waals surface area contributed by atoms with Gasteiger partial charge in [-0.1, -0.05) is 23.9 Å². The number of aromatic nitrogens is 8. The third-order valence-electron chi connectivity index (χ3n) is 4.75. The minimum absolute atomic E-state index is 0.0344. The number of pyridine rings is 1. The normalized spacial score (nSPS) is 11.4. The fourth-order valence-corrected chi connectivity index (χ4v) is 3.94. The summed E-state index contributed by atoms with van der Waals surface area (Å²) in [5, 5.41) is 22.8. The molecule has 0 radical (unpaired) electrons. The fourth-order valence-electron chi connectivity index (χ4n) is 3.19. The molecular weight excluding hydrogens is 450 g/mol. The number of nitrogens with one attached hydrogen (secondary N) is 1. The number of thioether (sulfide) groups is 1. The average Bonchev–Trinajstić information content (AvgIpc) is 3.45. The summed E-state index contributed by atoms with van der Waals surface area (Å²) < 4.78 is 7.90. The van der Waals surface area contributed by atoms with Crippen molar-refractivity contribution in [3.05, 3.63) is 74.6 Å². The van der Waals surface area contributed by atoms with Gasteiger partial charge in [-0.05, 0) is 11.6 Å². The Morgan fingerprint density at radius 1 is 1.21 bits per heavy atom. The first-order valence-corrected chi connectivity index (χ1v) is 10.6. The maximum absolute atomic E-state index is 13.1. The third kappa shape index (κ3) is 3.92. The van der Waals surface area contributed by atoms with E-state index in [0.29, 0.717) is 33.4 Å². The summed E-state index contributed by atoms with van der Waals surface area (Å²) in [7, 11) is 1.55. The lowest BCUT2D eigenvalue weighted by molar-refractivity contribution is -0.384. The number of nitrogens with zero attached hydrogens (tertiary/aromatic N) is 8. The predicted octanol–water partition coefficient (Wildman–Crippen LogP) is 1.89. The molecule has 0 bridgehead atoms. The van der Waals surface area contributed by atoms with Crippen molar-refractivity contribution in [3.8, 4) is 5.95 Å². The van der Waals surface area contributed by atoms with E-state index in [4.69, 9.17) is 4.74 Å². The molecule has 5 aromatic rings. The molecule has 4 heterocycles. The van der Waals surface area contributed by atoms with Gasteiger partial charge in [0.1, 0.15) is 6.61 Å². The summed E-state index contributed by atoms with van der Waals surface area (Å²) in [6.45, 7) is 0.236. The van der Waals surface area contributed by atoms with Crippen molar-refractivity contribution in [2.75, 3.05) is 7.11 Å². The van der Waals surface area contributed by atoms with Crippen molar-refractivity contribution in [2.45, 2.75) is 17.5 Å². The predicted molar refractivity (Wildman–Crippen MR) is 117 cm³/mol. The number of hydrogen-bond acceptors (Lipinski definition) is 10. The van der Waals surface area contributed by atoms with Gasteiger partial charge in [0.15, 0.2) is 5.82 Å².